The molecule has 0 aromatic heterocycles. The Hall–Kier alpha value is -1.12. The average molecular weight is 266 g/mol. The largest absolute Gasteiger partial charge is 0.393 e. The van der Waals surface area contributed by atoms with Crippen LogP contribution in [0.1, 0.15) is 53.4 Å². The van der Waals surface area contributed by atoms with Crippen LogP contribution in [-0.2, 0) is 14.3 Å². The third-order valence-electron chi connectivity index (χ3n) is 3.49. The lowest BCUT2D eigenvalue weighted by Gasteiger charge is -2.16. The van der Waals surface area contributed by atoms with E-state index in [0.717, 1.165) is 11.8 Å². The maximum Gasteiger partial charge on any atom is 0.317 e. The number of rotatable bonds is 7. The second kappa shape index (κ2) is 7.46. The van der Waals surface area contributed by atoms with Crippen molar-refractivity contribution in [3.8, 4) is 0 Å². The van der Waals surface area contributed by atoms with Crippen molar-refractivity contribution in [2.75, 3.05) is 0 Å². The minimum Gasteiger partial charge on any atom is -0.393 e. The second-order valence-electron chi connectivity index (χ2n) is 6.31. The highest BCUT2D eigenvalue weighted by Gasteiger charge is 2.32. The fourth-order valence-electron chi connectivity index (χ4n) is 2.79. The lowest BCUT2D eigenvalue weighted by Crippen LogP contribution is -2.07. The Morgan fingerprint density at radius 2 is 1.89 bits per heavy atom. The van der Waals surface area contributed by atoms with E-state index in [2.05, 4.69) is 38.5 Å². The number of allylic oxidation sites excluding steroid dienone is 2. The van der Waals surface area contributed by atoms with Gasteiger partial charge in [-0.15, -0.1) is 0 Å². The Balaban J connectivity index is 2.28. The van der Waals surface area contributed by atoms with Gasteiger partial charge in [0.25, 0.3) is 0 Å². The average Bonchev–Trinajstić information content (AvgIpc) is 2.55. The normalized spacial score (nSPS) is 23.1. The van der Waals surface area contributed by atoms with Crippen LogP contribution >= 0.6 is 0 Å². The molecule has 0 aromatic carbocycles. The highest BCUT2D eigenvalue weighted by molar-refractivity contribution is 5.94. The topological polar surface area (TPSA) is 43.4 Å². The fraction of sp³-hybridized carbons (Fsp3) is 0.750. The minimum absolute atomic E-state index is 0.237. The first-order chi connectivity index (χ1) is 8.88. The first kappa shape index (κ1) is 15.9. The van der Waals surface area contributed by atoms with E-state index in [4.69, 9.17) is 0 Å². The molecule has 1 aliphatic heterocycles. The van der Waals surface area contributed by atoms with Gasteiger partial charge in [-0.25, -0.2) is 0 Å². The minimum atomic E-state index is -0.387. The van der Waals surface area contributed by atoms with Gasteiger partial charge in [0.15, 0.2) is 0 Å². The van der Waals surface area contributed by atoms with Crippen molar-refractivity contribution in [3.63, 3.8) is 0 Å². The Bertz CT molecular complexity index is 344. The molecule has 0 spiro atoms. The first-order valence-corrected chi connectivity index (χ1v) is 7.29. The number of ether oxygens (including phenoxy) is 1. The Labute approximate surface area is 116 Å². The van der Waals surface area contributed by atoms with Gasteiger partial charge >= 0.3 is 11.9 Å². The summed E-state index contributed by atoms with van der Waals surface area (Å²) in [5.74, 6) is 0.964. The smallest absolute Gasteiger partial charge is 0.317 e. The highest BCUT2D eigenvalue weighted by atomic mass is 16.6. The number of carbonyl (C=O) groups is 2. The summed E-state index contributed by atoms with van der Waals surface area (Å²) in [7, 11) is 0. The standard InChI is InChI=1S/C16H26O3/c1-11(2)8-13(4)9-12(3)6-5-7-14-10-15(17)19-16(14)18/h5-6,11-14H,7-10H2,1-4H3/b6-5+. The van der Waals surface area contributed by atoms with E-state index in [-0.39, 0.29) is 24.3 Å². The van der Waals surface area contributed by atoms with Gasteiger partial charge in [0.2, 0.25) is 0 Å². The summed E-state index contributed by atoms with van der Waals surface area (Å²) in [6.45, 7) is 8.99. The molecule has 3 unspecified atom stereocenters. The van der Waals surface area contributed by atoms with Gasteiger partial charge in [-0.2, -0.15) is 0 Å². The number of hydrogen-bond acceptors (Lipinski definition) is 3. The molecule has 0 radical (unpaired) electrons. The molecule has 1 saturated heterocycles. The summed E-state index contributed by atoms with van der Waals surface area (Å²) in [6.07, 6.45) is 7.46. The lowest BCUT2D eigenvalue weighted by atomic mass is 9.90. The molecule has 3 heteroatoms. The monoisotopic (exact) mass is 266 g/mol. The zero-order chi connectivity index (χ0) is 14.4. The summed E-state index contributed by atoms with van der Waals surface area (Å²) in [6, 6.07) is 0. The number of esters is 2. The fourth-order valence-corrected chi connectivity index (χ4v) is 2.79. The van der Waals surface area contributed by atoms with E-state index in [1.807, 2.05) is 6.08 Å². The zero-order valence-electron chi connectivity index (χ0n) is 12.5. The van der Waals surface area contributed by atoms with Crippen LogP contribution < -0.4 is 0 Å². The van der Waals surface area contributed by atoms with Crippen molar-refractivity contribution in [1.29, 1.82) is 0 Å². The molecule has 1 fully saturated rings. The van der Waals surface area contributed by atoms with Crippen molar-refractivity contribution < 1.29 is 14.3 Å². The molecule has 108 valence electrons. The van der Waals surface area contributed by atoms with Crippen LogP contribution in [0.5, 0.6) is 0 Å². The van der Waals surface area contributed by atoms with Crippen LogP contribution in [0.25, 0.3) is 0 Å². The van der Waals surface area contributed by atoms with Gasteiger partial charge in [-0.05, 0) is 37.0 Å². The van der Waals surface area contributed by atoms with E-state index in [1.54, 1.807) is 0 Å². The van der Waals surface area contributed by atoms with Gasteiger partial charge < -0.3 is 4.74 Å². The zero-order valence-corrected chi connectivity index (χ0v) is 12.5. The molecule has 3 nitrogen and oxygen atoms in total. The Morgan fingerprint density at radius 3 is 2.42 bits per heavy atom. The summed E-state index contributed by atoms with van der Waals surface area (Å²) in [5.41, 5.74) is 0. The maximum absolute atomic E-state index is 11.3. The first-order valence-electron chi connectivity index (χ1n) is 7.29. The van der Waals surface area contributed by atoms with Crippen molar-refractivity contribution in [3.05, 3.63) is 12.2 Å². The molecule has 0 saturated carbocycles. The Kier molecular flexibility index (Phi) is 6.26. The van der Waals surface area contributed by atoms with E-state index >= 15 is 0 Å². The van der Waals surface area contributed by atoms with E-state index in [1.165, 1.54) is 12.8 Å². The second-order valence-corrected chi connectivity index (χ2v) is 6.31. The number of cyclic esters (lactones) is 2. The van der Waals surface area contributed by atoms with Crippen molar-refractivity contribution in [2.24, 2.45) is 23.7 Å². The van der Waals surface area contributed by atoms with Gasteiger partial charge in [0, 0.05) is 0 Å². The molecule has 1 aliphatic rings. The SMILES string of the molecule is CC(C)CC(C)CC(C)/C=C/CC1CC(=O)OC1=O. The molecular weight excluding hydrogens is 240 g/mol. The van der Waals surface area contributed by atoms with Gasteiger partial charge in [0.05, 0.1) is 12.3 Å². The summed E-state index contributed by atoms with van der Waals surface area (Å²) < 4.78 is 4.53. The molecule has 3 atom stereocenters. The molecular formula is C16H26O3. The van der Waals surface area contributed by atoms with Crippen LogP contribution in [-0.4, -0.2) is 11.9 Å². The van der Waals surface area contributed by atoms with Crippen LogP contribution in [0.15, 0.2) is 12.2 Å². The third kappa shape index (κ3) is 6.04. The Morgan fingerprint density at radius 1 is 1.21 bits per heavy atom. The number of carbonyl (C=O) groups excluding carboxylic acids is 2. The van der Waals surface area contributed by atoms with Gasteiger partial charge in [-0.3, -0.25) is 9.59 Å². The van der Waals surface area contributed by atoms with Crippen LogP contribution in [0.2, 0.25) is 0 Å². The summed E-state index contributed by atoms with van der Waals surface area (Å²) in [4.78, 5) is 22.2. The van der Waals surface area contributed by atoms with Crippen LogP contribution in [0.4, 0.5) is 0 Å². The molecule has 1 rings (SSSR count). The van der Waals surface area contributed by atoms with Crippen molar-refractivity contribution >= 4 is 11.9 Å². The van der Waals surface area contributed by atoms with Crippen LogP contribution in [0, 0.1) is 23.7 Å². The molecule has 1 heterocycles. The lowest BCUT2D eigenvalue weighted by molar-refractivity contribution is -0.153. The van der Waals surface area contributed by atoms with Crippen molar-refractivity contribution in [2.45, 2.75) is 53.4 Å². The molecule has 0 aliphatic carbocycles. The van der Waals surface area contributed by atoms with Gasteiger partial charge in [0.1, 0.15) is 0 Å². The predicted molar refractivity (Wildman–Crippen MR) is 75.4 cm³/mol. The molecule has 0 bridgehead atoms. The number of hydrogen-bond donors (Lipinski definition) is 0. The summed E-state index contributed by atoms with van der Waals surface area (Å²) >= 11 is 0. The predicted octanol–water partition coefficient (Wildman–Crippen LogP) is 3.73. The molecule has 0 aromatic rings. The third-order valence-corrected chi connectivity index (χ3v) is 3.49. The van der Waals surface area contributed by atoms with E-state index in [0.29, 0.717) is 12.3 Å². The molecule has 0 N–H and O–H groups in total. The quantitative estimate of drug-likeness (QED) is 0.400. The van der Waals surface area contributed by atoms with Crippen molar-refractivity contribution in [1.82, 2.24) is 0 Å². The molecule has 0 amide bonds. The van der Waals surface area contributed by atoms with E-state index in [9.17, 15) is 9.59 Å². The summed E-state index contributed by atoms with van der Waals surface area (Å²) in [5, 5.41) is 0. The molecule has 19 heavy (non-hydrogen) atoms. The van der Waals surface area contributed by atoms with E-state index < -0.39 is 0 Å². The highest BCUT2D eigenvalue weighted by Crippen LogP contribution is 2.22. The van der Waals surface area contributed by atoms with Gasteiger partial charge in [-0.1, -0.05) is 39.8 Å². The maximum atomic E-state index is 11.3. The van der Waals surface area contributed by atoms with Crippen LogP contribution in [0.3, 0.4) is 0 Å².